The number of nitrogens with zero attached hydrogens (tertiary/aromatic N) is 1. The van der Waals surface area contributed by atoms with E-state index in [1.54, 1.807) is 0 Å². The summed E-state index contributed by atoms with van der Waals surface area (Å²) in [7, 11) is 0. The molecule has 3 aromatic rings. The number of H-pyrrole nitrogens is 1. The highest BCUT2D eigenvalue weighted by Crippen LogP contribution is 2.38. The highest BCUT2D eigenvalue weighted by atomic mass is 16.2. The average Bonchev–Trinajstić information content (AvgIpc) is 3.04. The number of nitrogens with one attached hydrogen (secondary N) is 2. The van der Waals surface area contributed by atoms with E-state index in [1.165, 1.54) is 25.0 Å². The zero-order chi connectivity index (χ0) is 17.2. The Balaban J connectivity index is 0.00000105. The van der Waals surface area contributed by atoms with Crippen LogP contribution in [0.1, 0.15) is 63.5 Å². The molecule has 1 saturated carbocycles. The molecular weight excluding hydrogens is 310 g/mol. The normalized spacial score (nSPS) is 18.9. The van der Waals surface area contributed by atoms with Crippen LogP contribution >= 0.6 is 0 Å². The minimum atomic E-state index is -0.329. The van der Waals surface area contributed by atoms with Crippen LogP contribution in [-0.4, -0.2) is 15.9 Å². The molecule has 5 rings (SSSR count). The molecule has 1 amide bonds. The van der Waals surface area contributed by atoms with Crippen LogP contribution in [0.5, 0.6) is 0 Å². The summed E-state index contributed by atoms with van der Waals surface area (Å²) in [6, 6.07) is 10.5. The molecule has 1 aliphatic heterocycles. The van der Waals surface area contributed by atoms with E-state index < -0.39 is 0 Å². The molecule has 2 aromatic heterocycles. The number of carbonyl (C=O) groups excluding carboxylic acids is 1. The molecule has 130 valence electrons. The Hall–Kier alpha value is -2.62. The van der Waals surface area contributed by atoms with Gasteiger partial charge in [-0.2, -0.15) is 0 Å². The number of benzene rings is 1. The number of pyridine rings is 1. The van der Waals surface area contributed by atoms with Crippen molar-refractivity contribution in [3.63, 3.8) is 0 Å². The van der Waals surface area contributed by atoms with E-state index in [9.17, 15) is 4.79 Å². The van der Waals surface area contributed by atoms with Gasteiger partial charge in [-0.15, -0.1) is 0 Å². The van der Waals surface area contributed by atoms with E-state index in [0.717, 1.165) is 33.3 Å². The van der Waals surface area contributed by atoms with Crippen LogP contribution in [0, 0.1) is 0 Å². The van der Waals surface area contributed by atoms with Crippen LogP contribution in [0.4, 0.5) is 0 Å². The molecule has 4 nitrogen and oxygen atoms in total. The van der Waals surface area contributed by atoms with E-state index >= 15 is 0 Å². The molecule has 0 atom stereocenters. The fraction of sp³-hybridized carbons (Fsp3) is 0.333. The van der Waals surface area contributed by atoms with Crippen molar-refractivity contribution in [3.8, 4) is 11.1 Å². The van der Waals surface area contributed by atoms with Crippen molar-refractivity contribution in [1.82, 2.24) is 15.3 Å². The molecule has 0 bridgehead atoms. The van der Waals surface area contributed by atoms with Crippen molar-refractivity contribution < 1.29 is 7.65 Å². The summed E-state index contributed by atoms with van der Waals surface area (Å²) in [5.74, 6) is 0.645. The van der Waals surface area contributed by atoms with Crippen molar-refractivity contribution >= 4 is 16.9 Å². The number of rotatable bonds is 2. The second-order valence-corrected chi connectivity index (χ2v) is 7.80. The summed E-state index contributed by atoms with van der Waals surface area (Å²) in [6.07, 6.45) is 5.86. The number of fused-ring (bicyclic) bond motifs is 2. The van der Waals surface area contributed by atoms with Crippen molar-refractivity contribution in [3.05, 3.63) is 53.3 Å². The maximum absolute atomic E-state index is 12.1. The molecule has 0 unspecified atom stereocenters. The lowest BCUT2D eigenvalue weighted by Gasteiger charge is -2.24. The van der Waals surface area contributed by atoms with E-state index in [0.29, 0.717) is 5.92 Å². The second kappa shape index (κ2) is 4.94. The predicted molar refractivity (Wildman–Crippen MR) is 103 cm³/mol. The number of hydrogen-bond donors (Lipinski definition) is 2. The average molecular weight is 335 g/mol. The summed E-state index contributed by atoms with van der Waals surface area (Å²) in [4.78, 5) is 20.3. The number of amides is 1. The third-order valence-electron chi connectivity index (χ3n) is 5.76. The van der Waals surface area contributed by atoms with Gasteiger partial charge in [-0.3, -0.25) is 4.79 Å². The monoisotopic (exact) mass is 335 g/mol. The SMILES string of the molecule is CC1(C)NC(=O)c2ccc(-c3c[nH]c4nc(C5CCC5)ccc34)cc21.[HH].[HH]. The van der Waals surface area contributed by atoms with Crippen LogP contribution in [-0.2, 0) is 5.54 Å². The lowest BCUT2D eigenvalue weighted by atomic mass is 9.82. The van der Waals surface area contributed by atoms with E-state index in [2.05, 4.69) is 28.5 Å². The number of aromatic amines is 1. The van der Waals surface area contributed by atoms with Gasteiger partial charge in [0.1, 0.15) is 5.65 Å². The number of hydrogen-bond acceptors (Lipinski definition) is 2. The maximum Gasteiger partial charge on any atom is 0.252 e. The van der Waals surface area contributed by atoms with Crippen molar-refractivity contribution in [2.75, 3.05) is 0 Å². The smallest absolute Gasteiger partial charge is 0.252 e. The second-order valence-electron chi connectivity index (χ2n) is 7.80. The zero-order valence-electron chi connectivity index (χ0n) is 14.5. The molecule has 1 aliphatic carbocycles. The van der Waals surface area contributed by atoms with Crippen molar-refractivity contribution in [2.24, 2.45) is 0 Å². The van der Waals surface area contributed by atoms with Gasteiger partial charge in [-0.1, -0.05) is 12.5 Å². The first kappa shape index (κ1) is 14.7. The molecule has 3 heterocycles. The minimum absolute atomic E-state index is 0. The molecular formula is C21H25N3O. The lowest BCUT2D eigenvalue weighted by molar-refractivity contribution is 0.0940. The summed E-state index contributed by atoms with van der Waals surface area (Å²) < 4.78 is 0. The largest absolute Gasteiger partial charge is 0.346 e. The Bertz CT molecular complexity index is 1020. The fourth-order valence-electron chi connectivity index (χ4n) is 4.04. The summed E-state index contributed by atoms with van der Waals surface area (Å²) in [6.45, 7) is 4.09. The van der Waals surface area contributed by atoms with Crippen molar-refractivity contribution in [2.45, 2.75) is 44.6 Å². The van der Waals surface area contributed by atoms with Gasteiger partial charge in [0.05, 0.1) is 5.54 Å². The van der Waals surface area contributed by atoms with Gasteiger partial charge in [0.25, 0.3) is 5.91 Å². The van der Waals surface area contributed by atoms with Crippen LogP contribution in [0.3, 0.4) is 0 Å². The Morgan fingerprint density at radius 2 is 2.00 bits per heavy atom. The molecule has 25 heavy (non-hydrogen) atoms. The third-order valence-corrected chi connectivity index (χ3v) is 5.76. The quantitative estimate of drug-likeness (QED) is 0.695. The number of carbonyl (C=O) groups is 1. The molecule has 1 fully saturated rings. The van der Waals surface area contributed by atoms with Crippen LogP contribution in [0.2, 0.25) is 0 Å². The van der Waals surface area contributed by atoms with Crippen LogP contribution < -0.4 is 5.32 Å². The molecule has 0 spiro atoms. The molecule has 1 aromatic carbocycles. The van der Waals surface area contributed by atoms with Gasteiger partial charge in [-0.05, 0) is 62.1 Å². The maximum atomic E-state index is 12.1. The van der Waals surface area contributed by atoms with Gasteiger partial charge >= 0.3 is 0 Å². The van der Waals surface area contributed by atoms with Crippen molar-refractivity contribution in [1.29, 1.82) is 0 Å². The van der Waals surface area contributed by atoms with E-state index in [4.69, 9.17) is 4.98 Å². The molecule has 0 saturated heterocycles. The highest BCUT2D eigenvalue weighted by molar-refractivity contribution is 6.01. The lowest BCUT2D eigenvalue weighted by Crippen LogP contribution is -2.32. The van der Waals surface area contributed by atoms with Gasteiger partial charge in [-0.25, -0.2) is 4.98 Å². The molecule has 0 radical (unpaired) electrons. The topological polar surface area (TPSA) is 57.8 Å². The summed E-state index contributed by atoms with van der Waals surface area (Å²) in [5.41, 5.74) is 5.92. The Labute approximate surface area is 149 Å². The Kier molecular flexibility index (Phi) is 2.91. The highest BCUT2D eigenvalue weighted by Gasteiger charge is 2.35. The standard InChI is InChI=1S/C21H21N3O.2H2/c1-21(2)17-10-13(6-7-15(17)20(25)24-21)16-11-22-19-14(16)8-9-18(23-19)12-4-3-5-12;;/h6-12H,3-5H2,1-2H3,(H,22,23)(H,24,25);2*1H. The predicted octanol–water partition coefficient (Wildman–Crippen LogP) is 4.97. The molecule has 2 N–H and O–H groups in total. The van der Waals surface area contributed by atoms with Gasteiger partial charge in [0.15, 0.2) is 0 Å². The molecule has 2 aliphatic rings. The zero-order valence-corrected chi connectivity index (χ0v) is 14.5. The van der Waals surface area contributed by atoms with E-state index in [1.807, 2.05) is 32.2 Å². The Morgan fingerprint density at radius 3 is 2.76 bits per heavy atom. The van der Waals surface area contributed by atoms with Crippen LogP contribution in [0.25, 0.3) is 22.2 Å². The van der Waals surface area contributed by atoms with Gasteiger partial charge in [0, 0.05) is 37.2 Å². The third kappa shape index (κ3) is 2.13. The number of aromatic nitrogens is 2. The summed E-state index contributed by atoms with van der Waals surface area (Å²) in [5, 5.41) is 4.18. The van der Waals surface area contributed by atoms with E-state index in [-0.39, 0.29) is 14.3 Å². The van der Waals surface area contributed by atoms with Gasteiger partial charge in [0.2, 0.25) is 0 Å². The Morgan fingerprint density at radius 1 is 1.16 bits per heavy atom. The fourth-order valence-corrected chi connectivity index (χ4v) is 4.04. The first-order chi connectivity index (χ1) is 12.0. The first-order valence-corrected chi connectivity index (χ1v) is 8.98. The van der Waals surface area contributed by atoms with Crippen LogP contribution in [0.15, 0.2) is 36.5 Å². The molecule has 4 heteroatoms. The van der Waals surface area contributed by atoms with Gasteiger partial charge < -0.3 is 10.3 Å². The minimum Gasteiger partial charge on any atom is -0.346 e. The summed E-state index contributed by atoms with van der Waals surface area (Å²) >= 11 is 0. The first-order valence-electron chi connectivity index (χ1n) is 8.98.